The summed E-state index contributed by atoms with van der Waals surface area (Å²) >= 11 is 0. The molecule has 2 aromatic carbocycles. The Balaban J connectivity index is 1.47. The monoisotopic (exact) mass is 444 g/mol. The number of rotatable bonds is 9. The Labute approximate surface area is 185 Å². The molecule has 1 heterocycles. The standard InChI is InChI=1S/C24H32N2O4S/c1-19(2)30-22-12-6-9-20(17-22)10-7-15-25-24(27)21-11-8-16-26(18-21)31(28,29)23-13-4-3-5-14-23/h3-6,9,12-14,17,19,21H,7-8,10-11,15-16,18H2,1-2H3,(H,25,27). The van der Waals surface area contributed by atoms with Crippen molar-refractivity contribution in [3.05, 3.63) is 60.2 Å². The van der Waals surface area contributed by atoms with E-state index >= 15 is 0 Å². The van der Waals surface area contributed by atoms with Gasteiger partial charge in [0.05, 0.1) is 16.9 Å². The third-order valence-electron chi connectivity index (χ3n) is 5.35. The first kappa shape index (κ1) is 23.3. The molecule has 0 bridgehead atoms. The van der Waals surface area contributed by atoms with E-state index in [1.54, 1.807) is 30.3 Å². The normalized spacial score (nSPS) is 17.5. The Morgan fingerprint density at radius 3 is 2.68 bits per heavy atom. The van der Waals surface area contributed by atoms with E-state index in [4.69, 9.17) is 4.74 Å². The van der Waals surface area contributed by atoms with Gasteiger partial charge in [-0.05, 0) is 69.4 Å². The van der Waals surface area contributed by atoms with E-state index in [-0.39, 0.29) is 29.4 Å². The highest BCUT2D eigenvalue weighted by Gasteiger charge is 2.33. The highest BCUT2D eigenvalue weighted by molar-refractivity contribution is 7.89. The maximum Gasteiger partial charge on any atom is 0.243 e. The summed E-state index contributed by atoms with van der Waals surface area (Å²) in [7, 11) is -3.56. The van der Waals surface area contributed by atoms with Crippen molar-refractivity contribution in [2.75, 3.05) is 19.6 Å². The summed E-state index contributed by atoms with van der Waals surface area (Å²) in [5.74, 6) is 0.485. The fourth-order valence-corrected chi connectivity index (χ4v) is 5.36. The van der Waals surface area contributed by atoms with E-state index in [9.17, 15) is 13.2 Å². The molecule has 1 saturated heterocycles. The molecule has 1 aliphatic rings. The highest BCUT2D eigenvalue weighted by Crippen LogP contribution is 2.24. The lowest BCUT2D eigenvalue weighted by atomic mass is 9.99. The maximum absolute atomic E-state index is 12.9. The quantitative estimate of drug-likeness (QED) is 0.600. The number of benzene rings is 2. The Bertz CT molecular complexity index is 961. The Morgan fingerprint density at radius 1 is 1.16 bits per heavy atom. The van der Waals surface area contributed by atoms with Gasteiger partial charge in [-0.3, -0.25) is 4.79 Å². The van der Waals surface area contributed by atoms with Crippen molar-refractivity contribution < 1.29 is 17.9 Å². The highest BCUT2D eigenvalue weighted by atomic mass is 32.2. The molecule has 31 heavy (non-hydrogen) atoms. The van der Waals surface area contributed by atoms with Crippen molar-refractivity contribution in [3.8, 4) is 5.75 Å². The predicted molar refractivity (Wildman–Crippen MR) is 121 cm³/mol. The number of hydrogen-bond acceptors (Lipinski definition) is 4. The van der Waals surface area contributed by atoms with Crippen molar-refractivity contribution >= 4 is 15.9 Å². The SMILES string of the molecule is CC(C)Oc1cccc(CCCNC(=O)C2CCCN(S(=O)(=O)c3ccccc3)C2)c1. The van der Waals surface area contributed by atoms with E-state index in [0.717, 1.165) is 18.6 Å². The molecule has 1 atom stereocenters. The number of sulfonamides is 1. The summed E-state index contributed by atoms with van der Waals surface area (Å²) in [5, 5.41) is 2.99. The van der Waals surface area contributed by atoms with E-state index in [1.807, 2.05) is 32.0 Å². The predicted octanol–water partition coefficient (Wildman–Crippen LogP) is 3.62. The van der Waals surface area contributed by atoms with Gasteiger partial charge in [-0.1, -0.05) is 30.3 Å². The van der Waals surface area contributed by atoms with Crippen LogP contribution in [0.4, 0.5) is 0 Å². The summed E-state index contributed by atoms with van der Waals surface area (Å²) in [6.07, 6.45) is 3.19. The molecule has 0 spiro atoms. The maximum atomic E-state index is 12.9. The van der Waals surface area contributed by atoms with Gasteiger partial charge in [-0.2, -0.15) is 4.31 Å². The van der Waals surface area contributed by atoms with Gasteiger partial charge in [-0.15, -0.1) is 0 Å². The van der Waals surface area contributed by atoms with Gasteiger partial charge in [0.15, 0.2) is 0 Å². The van der Waals surface area contributed by atoms with Crippen LogP contribution >= 0.6 is 0 Å². The molecule has 1 fully saturated rings. The Kier molecular flexibility index (Phi) is 8.09. The Morgan fingerprint density at radius 2 is 1.94 bits per heavy atom. The van der Waals surface area contributed by atoms with E-state index in [0.29, 0.717) is 25.9 Å². The molecule has 6 nitrogen and oxygen atoms in total. The van der Waals surface area contributed by atoms with Crippen LogP contribution in [0.2, 0.25) is 0 Å². The van der Waals surface area contributed by atoms with E-state index in [1.165, 1.54) is 9.87 Å². The molecule has 7 heteroatoms. The average Bonchev–Trinajstić information content (AvgIpc) is 2.77. The third kappa shape index (κ3) is 6.55. The lowest BCUT2D eigenvalue weighted by Gasteiger charge is -2.31. The first-order chi connectivity index (χ1) is 14.9. The number of amides is 1. The fourth-order valence-electron chi connectivity index (χ4n) is 3.81. The van der Waals surface area contributed by atoms with Crippen LogP contribution in [0.3, 0.4) is 0 Å². The number of piperidine rings is 1. The van der Waals surface area contributed by atoms with Crippen LogP contribution in [-0.2, 0) is 21.2 Å². The average molecular weight is 445 g/mol. The minimum Gasteiger partial charge on any atom is -0.491 e. The van der Waals surface area contributed by atoms with Gasteiger partial charge < -0.3 is 10.1 Å². The number of nitrogens with one attached hydrogen (secondary N) is 1. The largest absolute Gasteiger partial charge is 0.491 e. The third-order valence-corrected chi connectivity index (χ3v) is 7.23. The van der Waals surface area contributed by atoms with Crippen molar-refractivity contribution in [2.45, 2.75) is 50.5 Å². The molecule has 1 unspecified atom stereocenters. The van der Waals surface area contributed by atoms with Crippen molar-refractivity contribution in [3.63, 3.8) is 0 Å². The van der Waals surface area contributed by atoms with Crippen LogP contribution in [0.15, 0.2) is 59.5 Å². The summed E-state index contributed by atoms with van der Waals surface area (Å²) in [6, 6.07) is 16.4. The molecule has 0 radical (unpaired) electrons. The summed E-state index contributed by atoms with van der Waals surface area (Å²) in [6.45, 7) is 5.25. The van der Waals surface area contributed by atoms with Crippen LogP contribution < -0.4 is 10.1 Å². The number of hydrogen-bond donors (Lipinski definition) is 1. The summed E-state index contributed by atoms with van der Waals surface area (Å²) in [5.41, 5.74) is 1.17. The van der Waals surface area contributed by atoms with Gasteiger partial charge in [0.2, 0.25) is 15.9 Å². The zero-order valence-electron chi connectivity index (χ0n) is 18.3. The number of carbonyl (C=O) groups excluding carboxylic acids is 1. The topological polar surface area (TPSA) is 75.7 Å². The zero-order chi connectivity index (χ0) is 22.3. The molecular weight excluding hydrogens is 412 g/mol. The second kappa shape index (κ2) is 10.8. The second-order valence-electron chi connectivity index (χ2n) is 8.22. The molecule has 0 aromatic heterocycles. The van der Waals surface area contributed by atoms with Crippen LogP contribution in [-0.4, -0.2) is 44.4 Å². The van der Waals surface area contributed by atoms with E-state index < -0.39 is 10.0 Å². The van der Waals surface area contributed by atoms with Gasteiger partial charge in [0, 0.05) is 19.6 Å². The molecule has 3 rings (SSSR count). The minimum atomic E-state index is -3.56. The lowest BCUT2D eigenvalue weighted by molar-refractivity contribution is -0.126. The van der Waals surface area contributed by atoms with E-state index in [2.05, 4.69) is 11.4 Å². The van der Waals surface area contributed by atoms with Gasteiger partial charge >= 0.3 is 0 Å². The van der Waals surface area contributed by atoms with Crippen LogP contribution in [0.25, 0.3) is 0 Å². The minimum absolute atomic E-state index is 0.0650. The molecule has 2 aromatic rings. The number of ether oxygens (including phenoxy) is 1. The molecule has 1 N–H and O–H groups in total. The molecule has 1 amide bonds. The van der Waals surface area contributed by atoms with Crippen molar-refractivity contribution in [1.29, 1.82) is 0 Å². The molecular formula is C24H32N2O4S. The first-order valence-electron chi connectivity index (χ1n) is 10.9. The van der Waals surface area contributed by atoms with Gasteiger partial charge in [0.1, 0.15) is 5.75 Å². The number of carbonyl (C=O) groups is 1. The van der Waals surface area contributed by atoms with Crippen LogP contribution in [0.1, 0.15) is 38.7 Å². The second-order valence-corrected chi connectivity index (χ2v) is 10.2. The van der Waals surface area contributed by atoms with Crippen molar-refractivity contribution in [1.82, 2.24) is 9.62 Å². The molecule has 0 aliphatic carbocycles. The van der Waals surface area contributed by atoms with Crippen LogP contribution in [0, 0.1) is 5.92 Å². The molecule has 1 aliphatic heterocycles. The lowest BCUT2D eigenvalue weighted by Crippen LogP contribution is -2.45. The Hall–Kier alpha value is -2.38. The molecule has 168 valence electrons. The first-order valence-corrected chi connectivity index (χ1v) is 12.4. The zero-order valence-corrected chi connectivity index (χ0v) is 19.1. The molecule has 0 saturated carbocycles. The number of aryl methyl sites for hydroxylation is 1. The fraction of sp³-hybridized carbons (Fsp3) is 0.458. The summed E-state index contributed by atoms with van der Waals surface area (Å²) < 4.78 is 32.9. The smallest absolute Gasteiger partial charge is 0.243 e. The van der Waals surface area contributed by atoms with Gasteiger partial charge in [-0.25, -0.2) is 8.42 Å². The number of nitrogens with zero attached hydrogens (tertiary/aromatic N) is 1. The van der Waals surface area contributed by atoms with Gasteiger partial charge in [0.25, 0.3) is 0 Å². The van der Waals surface area contributed by atoms with Crippen molar-refractivity contribution in [2.24, 2.45) is 5.92 Å². The summed E-state index contributed by atoms with van der Waals surface area (Å²) in [4.78, 5) is 12.9. The van der Waals surface area contributed by atoms with Crippen LogP contribution in [0.5, 0.6) is 5.75 Å².